The van der Waals surface area contributed by atoms with Crippen LogP contribution in [-0.2, 0) is 15.0 Å². The minimum absolute atomic E-state index is 0. The molecule has 2 N–H and O–H groups in total. The summed E-state index contributed by atoms with van der Waals surface area (Å²) in [6.45, 7) is 2.21. The van der Waals surface area contributed by atoms with Crippen LogP contribution in [0.4, 0.5) is 0 Å². The number of aliphatic carboxylic acids is 2. The van der Waals surface area contributed by atoms with Gasteiger partial charge < -0.3 is 13.1 Å². The van der Waals surface area contributed by atoms with Gasteiger partial charge in [0.05, 0.1) is 0 Å². The van der Waals surface area contributed by atoms with Crippen LogP contribution in [0.5, 0.6) is 0 Å². The van der Waals surface area contributed by atoms with Crippen molar-refractivity contribution in [3.05, 3.63) is 35.9 Å². The molecule has 0 aliphatic rings. The fourth-order valence-corrected chi connectivity index (χ4v) is 3.30. The third-order valence-electron chi connectivity index (χ3n) is 4.90. The number of carbonyl (C=O) groups is 2. The molecule has 27 heavy (non-hydrogen) atoms. The molecule has 0 saturated carbocycles. The molecule has 0 aliphatic carbocycles. The first kappa shape index (κ1) is 29.0. The fraction of sp³-hybridized carbons (Fsp3) is 0.619. The van der Waals surface area contributed by atoms with Crippen molar-refractivity contribution in [2.75, 3.05) is 0 Å². The average molecular weight is 380 g/mol. The molecular weight excluding hydrogens is 346 g/mol. The first-order valence-corrected chi connectivity index (χ1v) is 9.58. The van der Waals surface area contributed by atoms with Gasteiger partial charge in [0, 0.05) is 0 Å². The Morgan fingerprint density at radius 1 is 0.815 bits per heavy atom. The normalized spacial score (nSPS) is 10.6. The molecule has 1 aromatic carbocycles. The van der Waals surface area contributed by atoms with E-state index in [-0.39, 0.29) is 57.7 Å². The second-order valence-corrected chi connectivity index (χ2v) is 6.81. The maximum atomic E-state index is 11.8. The second kappa shape index (κ2) is 16.7. The Bertz CT molecular complexity index is 519. The first-order valence-electron chi connectivity index (χ1n) is 9.58. The summed E-state index contributed by atoms with van der Waals surface area (Å²) < 4.78 is 0. The number of rotatable bonds is 14. The van der Waals surface area contributed by atoms with Gasteiger partial charge in [0.2, 0.25) is 0 Å². The van der Waals surface area contributed by atoms with Gasteiger partial charge in [-0.1, -0.05) is 101 Å². The molecule has 0 aromatic heterocycles. The molecule has 1 aromatic rings. The van der Waals surface area contributed by atoms with E-state index in [1.54, 1.807) is 30.3 Å². The van der Waals surface area contributed by atoms with Crippen LogP contribution in [0.1, 0.15) is 86.0 Å². The number of carboxylic acid groups (broad SMARTS) is 2. The number of carboxylic acids is 2. The van der Waals surface area contributed by atoms with Gasteiger partial charge in [-0.05, 0) is 12.0 Å². The van der Waals surface area contributed by atoms with E-state index < -0.39 is 17.4 Å². The third kappa shape index (κ3) is 9.68. The summed E-state index contributed by atoms with van der Waals surface area (Å²) in [5, 5.41) is 19.2. The SMILES string of the molecule is CCCCCCCCCCCCC(C(=O)O)(C(=O)O)c1ccccc1.[H-].[H-].[Li+].[Na+]. The van der Waals surface area contributed by atoms with E-state index in [1.165, 1.54) is 38.5 Å². The van der Waals surface area contributed by atoms with Crippen molar-refractivity contribution in [2.24, 2.45) is 0 Å². The summed E-state index contributed by atoms with van der Waals surface area (Å²) in [4.78, 5) is 23.5. The second-order valence-electron chi connectivity index (χ2n) is 6.81. The smallest absolute Gasteiger partial charge is 1.00 e. The van der Waals surface area contributed by atoms with E-state index in [2.05, 4.69) is 6.92 Å². The van der Waals surface area contributed by atoms with Crippen LogP contribution >= 0.6 is 0 Å². The zero-order valence-corrected chi connectivity index (χ0v) is 19.4. The quantitative estimate of drug-likeness (QED) is 0.263. The Morgan fingerprint density at radius 3 is 1.63 bits per heavy atom. The van der Waals surface area contributed by atoms with Crippen LogP contribution in [-0.4, -0.2) is 22.2 Å². The molecule has 0 atom stereocenters. The van der Waals surface area contributed by atoms with E-state index in [4.69, 9.17) is 0 Å². The van der Waals surface area contributed by atoms with Crippen LogP contribution in [0.3, 0.4) is 0 Å². The molecule has 0 radical (unpaired) electrons. The van der Waals surface area contributed by atoms with E-state index in [0.717, 1.165) is 19.3 Å². The van der Waals surface area contributed by atoms with E-state index >= 15 is 0 Å². The predicted molar refractivity (Wildman–Crippen MR) is 102 cm³/mol. The van der Waals surface area contributed by atoms with Gasteiger partial charge in [0.15, 0.2) is 5.41 Å². The predicted octanol–water partition coefficient (Wildman–Crippen LogP) is -0.362. The Balaban J connectivity index is -0.000000781. The van der Waals surface area contributed by atoms with Crippen molar-refractivity contribution in [3.8, 4) is 0 Å². The molecule has 0 bridgehead atoms. The number of hydrogen-bond acceptors (Lipinski definition) is 2. The number of unbranched alkanes of at least 4 members (excludes halogenated alkanes) is 9. The van der Waals surface area contributed by atoms with Gasteiger partial charge in [-0.25, -0.2) is 0 Å². The monoisotopic (exact) mass is 380 g/mol. The Kier molecular flexibility index (Phi) is 17.9. The standard InChI is InChI=1S/C21H32O4.Li.Na.2H/c1-2-3-4-5-6-7-8-9-10-14-17-21(19(22)23,20(24)25)18-15-12-11-13-16-18;;;;/h11-13,15-16H,2-10,14,17H2,1H3,(H,22,23)(H,24,25);;;;/q;2*+1;2*-1. The summed E-state index contributed by atoms with van der Waals surface area (Å²) >= 11 is 0. The molecule has 0 unspecified atom stereocenters. The summed E-state index contributed by atoms with van der Waals surface area (Å²) in [5.74, 6) is -2.55. The zero-order chi connectivity index (χ0) is 18.5. The summed E-state index contributed by atoms with van der Waals surface area (Å²) in [5.41, 5.74) is -1.48. The first-order chi connectivity index (χ1) is 12.1. The fourth-order valence-electron chi connectivity index (χ4n) is 3.30. The molecule has 0 heterocycles. The Labute approximate surface area is 200 Å². The molecule has 0 spiro atoms. The van der Waals surface area contributed by atoms with Crippen molar-refractivity contribution < 1.29 is 71.1 Å². The maximum absolute atomic E-state index is 11.8. The Hall–Kier alpha value is -0.243. The molecule has 0 saturated heterocycles. The van der Waals surface area contributed by atoms with Crippen molar-refractivity contribution in [3.63, 3.8) is 0 Å². The van der Waals surface area contributed by atoms with E-state index in [0.29, 0.717) is 12.0 Å². The number of hydrogen-bond donors (Lipinski definition) is 2. The van der Waals surface area contributed by atoms with Crippen molar-refractivity contribution in [1.29, 1.82) is 0 Å². The van der Waals surface area contributed by atoms with Gasteiger partial charge >= 0.3 is 60.4 Å². The van der Waals surface area contributed by atoms with Crippen LogP contribution in [0.15, 0.2) is 30.3 Å². The minimum atomic E-state index is -1.83. The molecule has 0 amide bonds. The van der Waals surface area contributed by atoms with Crippen LogP contribution in [0.25, 0.3) is 0 Å². The molecule has 6 heteroatoms. The average Bonchev–Trinajstić information content (AvgIpc) is 2.60. The van der Waals surface area contributed by atoms with Crippen molar-refractivity contribution in [1.82, 2.24) is 0 Å². The van der Waals surface area contributed by atoms with Gasteiger partial charge in [0.25, 0.3) is 0 Å². The molecule has 4 nitrogen and oxygen atoms in total. The maximum Gasteiger partial charge on any atom is 1.00 e. The topological polar surface area (TPSA) is 74.6 Å². The van der Waals surface area contributed by atoms with E-state index in [9.17, 15) is 19.8 Å². The van der Waals surface area contributed by atoms with Gasteiger partial charge in [-0.15, -0.1) is 0 Å². The summed E-state index contributed by atoms with van der Waals surface area (Å²) in [6, 6.07) is 8.33. The van der Waals surface area contributed by atoms with Crippen molar-refractivity contribution in [2.45, 2.75) is 83.0 Å². The summed E-state index contributed by atoms with van der Waals surface area (Å²) in [6.07, 6.45) is 11.5. The largest absolute Gasteiger partial charge is 1.00 e. The van der Waals surface area contributed by atoms with E-state index in [1.807, 2.05) is 0 Å². The van der Waals surface area contributed by atoms with Gasteiger partial charge in [0.1, 0.15) is 0 Å². The molecule has 1 rings (SSSR count). The van der Waals surface area contributed by atoms with Gasteiger partial charge in [-0.2, -0.15) is 0 Å². The van der Waals surface area contributed by atoms with Crippen LogP contribution < -0.4 is 48.4 Å². The zero-order valence-electron chi connectivity index (χ0n) is 19.4. The molecule has 0 aliphatic heterocycles. The molecule has 144 valence electrons. The van der Waals surface area contributed by atoms with Crippen LogP contribution in [0, 0.1) is 0 Å². The van der Waals surface area contributed by atoms with Crippen LogP contribution in [0.2, 0.25) is 0 Å². The minimum Gasteiger partial charge on any atom is -1.00 e. The molecule has 0 fully saturated rings. The van der Waals surface area contributed by atoms with Gasteiger partial charge in [-0.3, -0.25) is 9.59 Å². The number of benzene rings is 1. The Morgan fingerprint density at radius 2 is 1.22 bits per heavy atom. The van der Waals surface area contributed by atoms with Crippen molar-refractivity contribution >= 4 is 11.9 Å². The molecular formula is C21H34LiNaO4. The third-order valence-corrected chi connectivity index (χ3v) is 4.90. The summed E-state index contributed by atoms with van der Waals surface area (Å²) in [7, 11) is 0.